The second kappa shape index (κ2) is 13.3. The van der Waals surface area contributed by atoms with Gasteiger partial charge in [0, 0.05) is 44.3 Å². The fraction of sp³-hybridized carbons (Fsp3) is 0.0213. The van der Waals surface area contributed by atoms with Crippen LogP contribution in [0.25, 0.3) is 90.9 Å². The number of H-pyrrole nitrogens is 2. The Morgan fingerprint density at radius 3 is 1.08 bits per heavy atom. The molecule has 0 saturated carbocycles. The molecule has 52 heavy (non-hydrogen) atoms. The maximum atomic E-state index is 5.72. The second-order valence-electron chi connectivity index (χ2n) is 12.6. The third-order valence-electron chi connectivity index (χ3n) is 9.41. The van der Waals surface area contributed by atoms with E-state index in [2.05, 4.69) is 149 Å². The molecule has 5 nitrogen and oxygen atoms in total. The number of aromatic nitrogens is 4. The molecule has 5 heteroatoms. The minimum atomic E-state index is 0.211. The number of rotatable bonds is 6. The Kier molecular flexibility index (Phi) is 7.88. The molecule has 2 aliphatic heterocycles. The van der Waals surface area contributed by atoms with Crippen LogP contribution in [0.4, 0.5) is 0 Å². The molecule has 0 radical (unpaired) electrons. The van der Waals surface area contributed by atoms with Crippen LogP contribution in [0.1, 0.15) is 22.8 Å². The molecule has 5 heterocycles. The van der Waals surface area contributed by atoms with E-state index in [-0.39, 0.29) is 6.61 Å². The van der Waals surface area contributed by atoms with E-state index in [0.717, 1.165) is 89.4 Å². The van der Waals surface area contributed by atoms with E-state index in [0.29, 0.717) is 5.75 Å². The fourth-order valence-electron chi connectivity index (χ4n) is 7.08. The molecule has 2 N–H and O–H groups in total. The Hall–Kier alpha value is -7.16. The number of terminal acetylenes is 1. The summed E-state index contributed by atoms with van der Waals surface area (Å²) in [4.78, 5) is 18.3. The molecule has 0 fully saturated rings. The summed E-state index contributed by atoms with van der Waals surface area (Å²) in [5.74, 6) is 3.26. The average molecular weight is 669 g/mol. The number of hydrogen-bond acceptors (Lipinski definition) is 3. The summed E-state index contributed by atoms with van der Waals surface area (Å²) < 4.78 is 5.72. The van der Waals surface area contributed by atoms with Gasteiger partial charge in [-0.25, -0.2) is 9.97 Å². The number of ether oxygens (including phenoxy) is 1. The molecule has 0 unspecified atom stereocenters. The predicted octanol–water partition coefficient (Wildman–Crippen LogP) is 11.3. The van der Waals surface area contributed by atoms with Gasteiger partial charge >= 0.3 is 0 Å². The van der Waals surface area contributed by atoms with E-state index >= 15 is 0 Å². The molecule has 0 amide bonds. The van der Waals surface area contributed by atoms with Crippen LogP contribution in [-0.2, 0) is 0 Å². The van der Waals surface area contributed by atoms with Crippen molar-refractivity contribution in [2.24, 2.45) is 0 Å². The van der Waals surface area contributed by atoms with Crippen LogP contribution in [-0.4, -0.2) is 26.5 Å². The highest BCUT2D eigenvalue weighted by Gasteiger charge is 2.18. The minimum absolute atomic E-state index is 0.211. The van der Waals surface area contributed by atoms with Crippen molar-refractivity contribution in [3.05, 3.63) is 162 Å². The summed E-state index contributed by atoms with van der Waals surface area (Å²) in [6.45, 7) is 0.211. The van der Waals surface area contributed by atoms with Crippen molar-refractivity contribution in [1.82, 2.24) is 19.9 Å². The van der Waals surface area contributed by atoms with E-state index in [1.807, 2.05) is 30.3 Å². The number of nitrogens with zero attached hydrogens (tertiary/aromatic N) is 2. The van der Waals surface area contributed by atoms with Crippen molar-refractivity contribution in [1.29, 1.82) is 0 Å². The van der Waals surface area contributed by atoms with Crippen molar-refractivity contribution < 1.29 is 4.74 Å². The molecule has 0 spiro atoms. The smallest absolute Gasteiger partial charge is 0.148 e. The highest BCUT2D eigenvalue weighted by molar-refractivity contribution is 5.99. The molecule has 3 aromatic heterocycles. The third kappa shape index (κ3) is 5.69. The first-order valence-electron chi connectivity index (χ1n) is 17.2. The van der Waals surface area contributed by atoms with Gasteiger partial charge in [-0.2, -0.15) is 0 Å². The maximum absolute atomic E-state index is 5.72. The molecular formula is C47H32N4O. The van der Waals surface area contributed by atoms with E-state index in [9.17, 15) is 0 Å². The number of fused-ring (bicyclic) bond motifs is 8. The maximum Gasteiger partial charge on any atom is 0.148 e. The standard InChI is InChI=1S/C47H32N4O/c1-2-30-52-35-20-18-34(19-21-35)47-42-28-26-40(50-42)45(32-14-8-4-9-15-32)38-24-22-36(48-38)44(31-12-6-3-7-13-31)37-23-25-39(49-37)46(33-16-10-5-11-17-33)41-27-29-43(47)51-41/h1,3-29,48,51H,30H2. The molecule has 246 valence electrons. The van der Waals surface area contributed by atoms with Crippen LogP contribution in [0.5, 0.6) is 5.75 Å². The average Bonchev–Trinajstić information content (AvgIpc) is 4.04. The van der Waals surface area contributed by atoms with Gasteiger partial charge in [-0.15, -0.1) is 6.42 Å². The Bertz CT molecular complexity index is 2680. The first-order valence-corrected chi connectivity index (χ1v) is 17.2. The van der Waals surface area contributed by atoms with E-state index < -0.39 is 0 Å². The zero-order valence-corrected chi connectivity index (χ0v) is 28.2. The highest BCUT2D eigenvalue weighted by atomic mass is 16.5. The first kappa shape index (κ1) is 30.9. The summed E-state index contributed by atoms with van der Waals surface area (Å²) in [7, 11) is 0. The van der Waals surface area contributed by atoms with Crippen LogP contribution in [0.15, 0.2) is 140 Å². The molecule has 9 rings (SSSR count). The van der Waals surface area contributed by atoms with Crippen molar-refractivity contribution >= 4 is 46.4 Å². The van der Waals surface area contributed by atoms with E-state index in [1.54, 1.807) is 0 Å². The van der Waals surface area contributed by atoms with E-state index in [1.165, 1.54) is 0 Å². The number of aromatic amines is 2. The summed E-state index contributed by atoms with van der Waals surface area (Å²) in [6.07, 6.45) is 13.9. The van der Waals surface area contributed by atoms with Crippen molar-refractivity contribution in [3.63, 3.8) is 0 Å². The Morgan fingerprint density at radius 2 is 0.750 bits per heavy atom. The minimum Gasteiger partial charge on any atom is -0.481 e. The zero-order valence-electron chi connectivity index (χ0n) is 28.2. The molecule has 0 atom stereocenters. The lowest BCUT2D eigenvalue weighted by molar-refractivity contribution is 0.370. The SMILES string of the molecule is C#CCOc1ccc(-c2c3nc(c(-c4ccccc4)c4ccc([nH]4)c(-c4ccccc4)c4nc(c(-c5ccccc5)c5ccc2[nH]5)C=C4)C=C3)cc1. The molecule has 4 aromatic carbocycles. The van der Waals surface area contributed by atoms with Crippen LogP contribution in [0, 0.1) is 12.3 Å². The van der Waals surface area contributed by atoms with Gasteiger partial charge in [0.25, 0.3) is 0 Å². The Morgan fingerprint density at radius 1 is 0.423 bits per heavy atom. The zero-order chi connectivity index (χ0) is 34.9. The van der Waals surface area contributed by atoms with Crippen LogP contribution in [0.3, 0.4) is 0 Å². The highest BCUT2D eigenvalue weighted by Crippen LogP contribution is 2.38. The van der Waals surface area contributed by atoms with Gasteiger partial charge in [-0.1, -0.05) is 109 Å². The molecule has 7 aromatic rings. The lowest BCUT2D eigenvalue weighted by atomic mass is 10.0. The fourth-order valence-corrected chi connectivity index (χ4v) is 7.08. The van der Waals surface area contributed by atoms with Crippen LogP contribution < -0.4 is 4.74 Å². The van der Waals surface area contributed by atoms with Gasteiger partial charge in [0.05, 0.1) is 22.8 Å². The number of nitrogens with one attached hydrogen (secondary N) is 2. The van der Waals surface area contributed by atoms with Gasteiger partial charge in [-0.3, -0.25) is 0 Å². The lowest BCUT2D eigenvalue weighted by Crippen LogP contribution is -1.93. The van der Waals surface area contributed by atoms with Crippen molar-refractivity contribution in [3.8, 4) is 62.6 Å². The van der Waals surface area contributed by atoms with Gasteiger partial charge in [0.2, 0.25) is 0 Å². The molecular weight excluding hydrogens is 637 g/mol. The first-order chi connectivity index (χ1) is 25.7. The van der Waals surface area contributed by atoms with Crippen molar-refractivity contribution in [2.75, 3.05) is 6.61 Å². The van der Waals surface area contributed by atoms with Crippen LogP contribution >= 0.6 is 0 Å². The number of benzene rings is 4. The lowest BCUT2D eigenvalue weighted by Gasteiger charge is -2.08. The third-order valence-corrected chi connectivity index (χ3v) is 9.41. The van der Waals surface area contributed by atoms with Gasteiger partial charge < -0.3 is 14.7 Å². The largest absolute Gasteiger partial charge is 0.481 e. The predicted molar refractivity (Wildman–Crippen MR) is 215 cm³/mol. The quantitative estimate of drug-likeness (QED) is 0.173. The number of hydrogen-bond donors (Lipinski definition) is 2. The summed E-state index contributed by atoms with van der Waals surface area (Å²) >= 11 is 0. The Balaban J connectivity index is 1.43. The van der Waals surface area contributed by atoms with E-state index in [4.69, 9.17) is 21.1 Å². The Labute approximate surface area is 301 Å². The summed E-state index contributed by atoms with van der Waals surface area (Å²) in [6, 6.07) is 47.9. The molecule has 0 saturated heterocycles. The molecule has 0 aliphatic carbocycles. The summed E-state index contributed by atoms with van der Waals surface area (Å²) in [5.41, 5.74) is 15.5. The molecule has 2 aliphatic rings. The summed E-state index contributed by atoms with van der Waals surface area (Å²) in [5, 5.41) is 0. The van der Waals surface area contributed by atoms with Crippen molar-refractivity contribution in [2.45, 2.75) is 0 Å². The van der Waals surface area contributed by atoms with Gasteiger partial charge in [0.15, 0.2) is 0 Å². The monoisotopic (exact) mass is 668 g/mol. The topological polar surface area (TPSA) is 66.6 Å². The van der Waals surface area contributed by atoms with Crippen LogP contribution in [0.2, 0.25) is 0 Å². The van der Waals surface area contributed by atoms with Gasteiger partial charge in [-0.05, 0) is 83.0 Å². The molecule has 8 bridgehead atoms. The normalized spacial score (nSPS) is 11.8. The van der Waals surface area contributed by atoms with Gasteiger partial charge in [0.1, 0.15) is 12.4 Å². The second-order valence-corrected chi connectivity index (χ2v) is 12.6.